The fourth-order valence-electron chi connectivity index (χ4n) is 3.59. The number of aromatic nitrogens is 5. The van der Waals surface area contributed by atoms with E-state index >= 15 is 0 Å². The van der Waals surface area contributed by atoms with Gasteiger partial charge >= 0.3 is 0 Å². The summed E-state index contributed by atoms with van der Waals surface area (Å²) in [5, 5.41) is 21.3. The zero-order chi connectivity index (χ0) is 20.3. The average Bonchev–Trinajstić information content (AvgIpc) is 3.27. The SMILES string of the molecule is Cc1ccccc1-c1cc(CNc2nncc(-c3cccc4ccccc34)n2)n[nH]1. The summed E-state index contributed by atoms with van der Waals surface area (Å²) in [5.74, 6) is 0.473. The Morgan fingerprint density at radius 1 is 0.900 bits per heavy atom. The van der Waals surface area contributed by atoms with Crippen LogP contribution in [0.25, 0.3) is 33.3 Å². The molecule has 0 spiro atoms. The quantitative estimate of drug-likeness (QED) is 0.440. The van der Waals surface area contributed by atoms with Gasteiger partial charge in [-0.2, -0.15) is 10.2 Å². The van der Waals surface area contributed by atoms with Crippen LogP contribution in [0.1, 0.15) is 11.3 Å². The van der Waals surface area contributed by atoms with Gasteiger partial charge in [0.1, 0.15) is 0 Å². The predicted molar refractivity (Wildman–Crippen MR) is 119 cm³/mol. The van der Waals surface area contributed by atoms with Crippen LogP contribution in [0.3, 0.4) is 0 Å². The highest BCUT2D eigenvalue weighted by Gasteiger charge is 2.09. The molecule has 0 bridgehead atoms. The van der Waals surface area contributed by atoms with Crippen LogP contribution in [0.15, 0.2) is 79.0 Å². The molecule has 0 fully saturated rings. The highest BCUT2D eigenvalue weighted by atomic mass is 15.2. The van der Waals surface area contributed by atoms with Crippen LogP contribution in [0, 0.1) is 6.92 Å². The lowest BCUT2D eigenvalue weighted by atomic mass is 10.0. The standard InChI is InChI=1S/C24H20N6/c1-16-7-2-4-10-19(16)22-13-18(28-29-22)14-25-24-27-23(15-26-30-24)21-12-6-9-17-8-3-5-11-20(17)21/h2-13,15H,14H2,1H3,(H,28,29)(H,25,27,30). The topological polar surface area (TPSA) is 79.4 Å². The first kappa shape index (κ1) is 18.0. The van der Waals surface area contributed by atoms with Crippen LogP contribution in [0.2, 0.25) is 0 Å². The summed E-state index contributed by atoms with van der Waals surface area (Å²) < 4.78 is 0. The van der Waals surface area contributed by atoms with Crippen molar-refractivity contribution in [1.29, 1.82) is 0 Å². The highest BCUT2D eigenvalue weighted by Crippen LogP contribution is 2.27. The van der Waals surface area contributed by atoms with Crippen molar-refractivity contribution in [2.75, 3.05) is 5.32 Å². The third kappa shape index (κ3) is 3.51. The molecule has 0 amide bonds. The summed E-state index contributed by atoms with van der Waals surface area (Å²) in [6.07, 6.45) is 1.69. The summed E-state index contributed by atoms with van der Waals surface area (Å²) in [7, 11) is 0. The molecule has 2 heterocycles. The van der Waals surface area contributed by atoms with Gasteiger partial charge in [-0.1, -0.05) is 66.7 Å². The summed E-state index contributed by atoms with van der Waals surface area (Å²) in [5.41, 5.74) is 6.04. The minimum atomic E-state index is 0.473. The van der Waals surface area contributed by atoms with Gasteiger partial charge < -0.3 is 5.32 Å². The number of aromatic amines is 1. The molecule has 0 radical (unpaired) electrons. The maximum atomic E-state index is 4.66. The third-order valence-electron chi connectivity index (χ3n) is 5.12. The molecule has 30 heavy (non-hydrogen) atoms. The van der Waals surface area contributed by atoms with Gasteiger partial charge in [-0.15, -0.1) is 5.10 Å². The van der Waals surface area contributed by atoms with Gasteiger partial charge in [0.2, 0.25) is 5.95 Å². The van der Waals surface area contributed by atoms with E-state index in [2.05, 4.69) is 74.0 Å². The fraction of sp³-hybridized carbons (Fsp3) is 0.0833. The van der Waals surface area contributed by atoms with E-state index in [9.17, 15) is 0 Å². The minimum absolute atomic E-state index is 0.473. The van der Waals surface area contributed by atoms with Crippen molar-refractivity contribution in [1.82, 2.24) is 25.4 Å². The molecule has 0 atom stereocenters. The first-order valence-electron chi connectivity index (χ1n) is 9.80. The Bertz CT molecular complexity index is 1320. The molecule has 0 aliphatic carbocycles. The molecule has 2 aromatic heterocycles. The van der Waals surface area contributed by atoms with Crippen LogP contribution < -0.4 is 5.32 Å². The molecule has 2 N–H and O–H groups in total. The van der Waals surface area contributed by atoms with Gasteiger partial charge in [-0.25, -0.2) is 4.98 Å². The van der Waals surface area contributed by atoms with Crippen molar-refractivity contribution in [2.24, 2.45) is 0 Å². The van der Waals surface area contributed by atoms with E-state index in [1.807, 2.05) is 36.4 Å². The van der Waals surface area contributed by atoms with Crippen LogP contribution in [-0.2, 0) is 6.54 Å². The van der Waals surface area contributed by atoms with Gasteiger partial charge in [-0.05, 0) is 29.3 Å². The molecule has 0 saturated heterocycles. The lowest BCUT2D eigenvalue weighted by molar-refractivity contribution is 0.923. The van der Waals surface area contributed by atoms with E-state index in [0.717, 1.165) is 33.6 Å². The molecule has 146 valence electrons. The van der Waals surface area contributed by atoms with Crippen LogP contribution in [-0.4, -0.2) is 25.4 Å². The second kappa shape index (κ2) is 7.75. The normalized spacial score (nSPS) is 11.0. The second-order valence-corrected chi connectivity index (χ2v) is 7.13. The number of nitrogens with zero attached hydrogens (tertiary/aromatic N) is 4. The second-order valence-electron chi connectivity index (χ2n) is 7.13. The number of rotatable bonds is 5. The van der Waals surface area contributed by atoms with Crippen molar-refractivity contribution in [2.45, 2.75) is 13.5 Å². The van der Waals surface area contributed by atoms with Gasteiger partial charge in [0, 0.05) is 11.1 Å². The number of aryl methyl sites for hydroxylation is 1. The molecule has 3 aromatic carbocycles. The molecule has 0 aliphatic heterocycles. The zero-order valence-corrected chi connectivity index (χ0v) is 16.5. The van der Waals surface area contributed by atoms with Crippen LogP contribution in [0.4, 0.5) is 5.95 Å². The highest BCUT2D eigenvalue weighted by molar-refractivity contribution is 5.95. The first-order chi connectivity index (χ1) is 14.8. The Morgan fingerprint density at radius 2 is 1.70 bits per heavy atom. The molecule has 6 nitrogen and oxygen atoms in total. The van der Waals surface area contributed by atoms with E-state index in [-0.39, 0.29) is 0 Å². The lowest BCUT2D eigenvalue weighted by Gasteiger charge is -2.07. The fourth-order valence-corrected chi connectivity index (χ4v) is 3.59. The maximum absolute atomic E-state index is 4.66. The van der Waals surface area contributed by atoms with Crippen LogP contribution in [0.5, 0.6) is 0 Å². The average molecular weight is 392 g/mol. The molecule has 5 rings (SSSR count). The van der Waals surface area contributed by atoms with Crippen LogP contribution >= 0.6 is 0 Å². The lowest BCUT2D eigenvalue weighted by Crippen LogP contribution is -2.05. The molecular formula is C24H20N6. The number of hydrogen-bond donors (Lipinski definition) is 2. The molecular weight excluding hydrogens is 372 g/mol. The summed E-state index contributed by atoms with van der Waals surface area (Å²) >= 11 is 0. The van der Waals surface area contributed by atoms with Crippen molar-refractivity contribution in [3.8, 4) is 22.5 Å². The number of nitrogens with one attached hydrogen (secondary N) is 2. The van der Waals surface area contributed by atoms with E-state index in [1.54, 1.807) is 6.20 Å². The first-order valence-corrected chi connectivity index (χ1v) is 9.80. The summed E-state index contributed by atoms with van der Waals surface area (Å²) in [6.45, 7) is 2.59. The van der Waals surface area contributed by atoms with Crippen molar-refractivity contribution >= 4 is 16.7 Å². The van der Waals surface area contributed by atoms with E-state index in [4.69, 9.17) is 0 Å². The van der Waals surface area contributed by atoms with E-state index in [0.29, 0.717) is 12.5 Å². The Balaban J connectivity index is 1.37. The summed E-state index contributed by atoms with van der Waals surface area (Å²) in [6, 6.07) is 24.7. The van der Waals surface area contributed by atoms with E-state index in [1.165, 1.54) is 10.9 Å². The van der Waals surface area contributed by atoms with Crippen molar-refractivity contribution in [3.63, 3.8) is 0 Å². The van der Waals surface area contributed by atoms with Gasteiger partial charge in [0.05, 0.1) is 29.8 Å². The molecule has 0 aliphatic rings. The maximum Gasteiger partial charge on any atom is 0.243 e. The monoisotopic (exact) mass is 392 g/mol. The Morgan fingerprint density at radius 3 is 2.63 bits per heavy atom. The molecule has 5 aromatic rings. The zero-order valence-electron chi connectivity index (χ0n) is 16.5. The number of hydrogen-bond acceptors (Lipinski definition) is 5. The minimum Gasteiger partial charge on any atom is -0.347 e. The van der Waals surface area contributed by atoms with Crippen molar-refractivity contribution < 1.29 is 0 Å². The number of H-pyrrole nitrogens is 1. The largest absolute Gasteiger partial charge is 0.347 e. The Hall–Kier alpha value is -4.06. The number of benzene rings is 3. The smallest absolute Gasteiger partial charge is 0.243 e. The van der Waals surface area contributed by atoms with Gasteiger partial charge in [0.25, 0.3) is 0 Å². The Labute approximate surface area is 174 Å². The molecule has 6 heteroatoms. The summed E-state index contributed by atoms with van der Waals surface area (Å²) in [4.78, 5) is 4.66. The third-order valence-corrected chi connectivity index (χ3v) is 5.12. The molecule has 0 unspecified atom stereocenters. The Kier molecular flexibility index (Phi) is 4.65. The number of fused-ring (bicyclic) bond motifs is 1. The number of anilines is 1. The van der Waals surface area contributed by atoms with E-state index < -0.39 is 0 Å². The van der Waals surface area contributed by atoms with Crippen molar-refractivity contribution in [3.05, 3.63) is 90.3 Å². The van der Waals surface area contributed by atoms with Gasteiger partial charge in [0.15, 0.2) is 0 Å². The molecule has 0 saturated carbocycles. The van der Waals surface area contributed by atoms with Gasteiger partial charge in [-0.3, -0.25) is 5.10 Å². The predicted octanol–water partition coefficient (Wildman–Crippen LogP) is 5.00.